The molecule has 2 amide bonds. The largest absolute Gasteiger partial charge is 0.349 e. The molecule has 1 unspecified atom stereocenters. The molecule has 0 aliphatic rings. The van der Waals surface area contributed by atoms with Gasteiger partial charge in [0.2, 0.25) is 11.8 Å². The number of amides is 2. The highest BCUT2D eigenvalue weighted by molar-refractivity contribution is 7.09. The van der Waals surface area contributed by atoms with Crippen molar-refractivity contribution in [3.8, 4) is 0 Å². The number of aryl methyl sites for hydroxylation is 1. The Bertz CT molecular complexity index is 1290. The van der Waals surface area contributed by atoms with Crippen LogP contribution in [0.5, 0.6) is 0 Å². The molecule has 0 saturated carbocycles. The van der Waals surface area contributed by atoms with Crippen LogP contribution in [0, 0.1) is 6.92 Å². The second kappa shape index (κ2) is 10.4. The van der Waals surface area contributed by atoms with Crippen LogP contribution in [0.4, 0.5) is 0 Å². The van der Waals surface area contributed by atoms with Gasteiger partial charge in [-0.25, -0.2) is 4.68 Å². The van der Waals surface area contributed by atoms with E-state index in [2.05, 4.69) is 15.6 Å². The van der Waals surface area contributed by atoms with Crippen LogP contribution in [0.2, 0.25) is 0 Å². The third-order valence-corrected chi connectivity index (χ3v) is 7.09. The number of nitrogens with zero attached hydrogens (tertiary/aromatic N) is 4. The van der Waals surface area contributed by atoms with E-state index >= 15 is 0 Å². The van der Waals surface area contributed by atoms with Crippen LogP contribution < -0.4 is 5.32 Å². The molecule has 0 bridgehead atoms. The van der Waals surface area contributed by atoms with Crippen molar-refractivity contribution in [1.29, 1.82) is 0 Å². The van der Waals surface area contributed by atoms with Crippen molar-refractivity contribution >= 4 is 34.2 Å². The van der Waals surface area contributed by atoms with E-state index in [4.69, 9.17) is 0 Å². The normalized spacial score (nSPS) is 12.5. The fourth-order valence-electron chi connectivity index (χ4n) is 3.86. The summed E-state index contributed by atoms with van der Waals surface area (Å²) in [4.78, 5) is 30.3. The number of rotatable bonds is 9. The van der Waals surface area contributed by atoms with Gasteiger partial charge in [-0.15, -0.1) is 16.4 Å². The Morgan fingerprint density at radius 2 is 1.83 bits per heavy atom. The summed E-state index contributed by atoms with van der Waals surface area (Å²) in [5.74, 6) is -0.404. The molecule has 0 radical (unpaired) electrons. The van der Waals surface area contributed by atoms with E-state index < -0.39 is 11.6 Å². The molecule has 0 aliphatic heterocycles. The molecule has 4 rings (SSSR count). The van der Waals surface area contributed by atoms with Crippen LogP contribution >= 0.6 is 11.3 Å². The molecular weight excluding hydrogens is 458 g/mol. The zero-order chi connectivity index (χ0) is 25.0. The number of hydrogen-bond donors (Lipinski definition) is 1. The van der Waals surface area contributed by atoms with Crippen LogP contribution in [0.1, 0.15) is 49.2 Å². The molecule has 7 nitrogen and oxygen atoms in total. The molecule has 2 heterocycles. The van der Waals surface area contributed by atoms with Crippen LogP contribution in [-0.2, 0) is 22.7 Å². The number of nitrogens with one attached hydrogen (secondary N) is 1. The monoisotopic (exact) mass is 489 g/mol. The first-order chi connectivity index (χ1) is 16.8. The third-order valence-electron chi connectivity index (χ3n) is 6.23. The molecule has 35 heavy (non-hydrogen) atoms. The zero-order valence-electron chi connectivity index (χ0n) is 20.6. The number of para-hydroxylation sites is 1. The van der Waals surface area contributed by atoms with Gasteiger partial charge in [-0.3, -0.25) is 9.59 Å². The van der Waals surface area contributed by atoms with Gasteiger partial charge in [-0.05, 0) is 56.3 Å². The average molecular weight is 490 g/mol. The van der Waals surface area contributed by atoms with Gasteiger partial charge in [0.1, 0.15) is 18.1 Å². The zero-order valence-corrected chi connectivity index (χ0v) is 21.4. The Hall–Kier alpha value is -3.52. The predicted octanol–water partition coefficient (Wildman–Crippen LogP) is 4.88. The average Bonchev–Trinajstić information content (AvgIpc) is 3.50. The maximum atomic E-state index is 13.9. The first-order valence-electron chi connectivity index (χ1n) is 11.8. The van der Waals surface area contributed by atoms with Crippen molar-refractivity contribution in [2.45, 2.75) is 58.8 Å². The Balaban J connectivity index is 1.74. The van der Waals surface area contributed by atoms with E-state index in [0.717, 1.165) is 33.5 Å². The summed E-state index contributed by atoms with van der Waals surface area (Å²) < 4.78 is 1.60. The number of benzene rings is 2. The standard InChI is InChI=1S/C27H31N5O2S/c1-5-27(3,4)28-26(34)25(20-14-12-19(2)13-15-20)31(17-21-9-8-16-35-21)24(33)18-32-23-11-7-6-10-22(23)29-30-32/h6-16,25H,5,17-18H2,1-4H3,(H,28,34). The van der Waals surface area contributed by atoms with Gasteiger partial charge >= 0.3 is 0 Å². The van der Waals surface area contributed by atoms with Crippen molar-refractivity contribution in [2.24, 2.45) is 0 Å². The minimum Gasteiger partial charge on any atom is -0.349 e. The number of aromatic nitrogens is 3. The van der Waals surface area contributed by atoms with Gasteiger partial charge in [0.05, 0.1) is 12.1 Å². The summed E-state index contributed by atoms with van der Waals surface area (Å²) in [6, 6.07) is 18.5. The molecule has 2 aromatic carbocycles. The first-order valence-corrected chi connectivity index (χ1v) is 12.6. The van der Waals surface area contributed by atoms with Crippen LogP contribution in [0.25, 0.3) is 11.0 Å². The number of hydrogen-bond acceptors (Lipinski definition) is 5. The smallest absolute Gasteiger partial charge is 0.247 e. The van der Waals surface area contributed by atoms with Gasteiger partial charge in [0.15, 0.2) is 0 Å². The van der Waals surface area contributed by atoms with Crippen LogP contribution in [-0.4, -0.2) is 37.2 Å². The molecule has 0 saturated heterocycles. The fourth-order valence-corrected chi connectivity index (χ4v) is 4.56. The Kier molecular flexibility index (Phi) is 7.31. The van der Waals surface area contributed by atoms with Crippen molar-refractivity contribution in [3.63, 3.8) is 0 Å². The minimum atomic E-state index is -0.786. The second-order valence-corrected chi connectivity index (χ2v) is 10.4. The van der Waals surface area contributed by atoms with E-state index in [9.17, 15) is 9.59 Å². The molecule has 0 fully saturated rings. The predicted molar refractivity (Wildman–Crippen MR) is 139 cm³/mol. The summed E-state index contributed by atoms with van der Waals surface area (Å²) in [7, 11) is 0. The van der Waals surface area contributed by atoms with E-state index in [1.54, 1.807) is 20.9 Å². The number of fused-ring (bicyclic) bond motifs is 1. The Labute approximate surface area is 209 Å². The molecule has 1 N–H and O–H groups in total. The topological polar surface area (TPSA) is 80.1 Å². The second-order valence-electron chi connectivity index (χ2n) is 9.38. The van der Waals surface area contributed by atoms with Gasteiger partial charge in [0.25, 0.3) is 0 Å². The molecule has 0 spiro atoms. The lowest BCUT2D eigenvalue weighted by atomic mass is 9.98. The number of carbonyl (C=O) groups is 2. The van der Waals surface area contributed by atoms with Gasteiger partial charge in [-0.2, -0.15) is 0 Å². The van der Waals surface area contributed by atoms with Gasteiger partial charge < -0.3 is 10.2 Å². The molecule has 4 aromatic rings. The molecule has 8 heteroatoms. The Morgan fingerprint density at radius 1 is 1.09 bits per heavy atom. The van der Waals surface area contributed by atoms with Crippen molar-refractivity contribution in [1.82, 2.24) is 25.2 Å². The molecule has 2 aromatic heterocycles. The highest BCUT2D eigenvalue weighted by atomic mass is 32.1. The third kappa shape index (κ3) is 5.77. The lowest BCUT2D eigenvalue weighted by molar-refractivity contribution is -0.142. The molecular formula is C27H31N5O2S. The lowest BCUT2D eigenvalue weighted by Gasteiger charge is -2.34. The van der Waals surface area contributed by atoms with Crippen LogP contribution in [0.15, 0.2) is 66.0 Å². The minimum absolute atomic E-state index is 0.0152. The summed E-state index contributed by atoms with van der Waals surface area (Å²) in [5, 5.41) is 13.5. The first kappa shape index (κ1) is 24.6. The van der Waals surface area contributed by atoms with Crippen molar-refractivity contribution in [3.05, 3.63) is 82.0 Å². The van der Waals surface area contributed by atoms with E-state index in [-0.39, 0.29) is 18.4 Å². The van der Waals surface area contributed by atoms with E-state index in [1.165, 1.54) is 0 Å². The summed E-state index contributed by atoms with van der Waals surface area (Å²) in [6.45, 7) is 8.32. The van der Waals surface area contributed by atoms with Gasteiger partial charge in [-0.1, -0.05) is 60.2 Å². The SMILES string of the molecule is CCC(C)(C)NC(=O)C(c1ccc(C)cc1)N(Cc1cccs1)C(=O)Cn1nnc2ccccc21. The lowest BCUT2D eigenvalue weighted by Crippen LogP contribution is -2.50. The fraction of sp³-hybridized carbons (Fsp3) is 0.333. The quantitative estimate of drug-likeness (QED) is 0.364. The van der Waals surface area contributed by atoms with Crippen LogP contribution in [0.3, 0.4) is 0 Å². The number of carbonyl (C=O) groups excluding carboxylic acids is 2. The van der Waals surface area contributed by atoms with Gasteiger partial charge in [0, 0.05) is 10.4 Å². The maximum Gasteiger partial charge on any atom is 0.247 e. The summed E-state index contributed by atoms with van der Waals surface area (Å²) >= 11 is 1.56. The van der Waals surface area contributed by atoms with E-state index in [0.29, 0.717) is 6.54 Å². The maximum absolute atomic E-state index is 13.9. The molecule has 182 valence electrons. The summed E-state index contributed by atoms with van der Waals surface area (Å²) in [6.07, 6.45) is 0.767. The Morgan fingerprint density at radius 3 is 2.51 bits per heavy atom. The highest BCUT2D eigenvalue weighted by Crippen LogP contribution is 2.27. The van der Waals surface area contributed by atoms with E-state index in [1.807, 2.05) is 93.7 Å². The molecule has 1 atom stereocenters. The summed E-state index contributed by atoms with van der Waals surface area (Å²) in [5.41, 5.74) is 2.96. The number of thiophene rings is 1. The highest BCUT2D eigenvalue weighted by Gasteiger charge is 2.34. The van der Waals surface area contributed by atoms with Crippen molar-refractivity contribution in [2.75, 3.05) is 0 Å². The van der Waals surface area contributed by atoms with Crippen molar-refractivity contribution < 1.29 is 9.59 Å². The molecule has 0 aliphatic carbocycles.